The average Bonchev–Trinajstić information content (AvgIpc) is 3.11. The number of hydrogen-bond donors (Lipinski definition) is 0. The predicted octanol–water partition coefficient (Wildman–Crippen LogP) is 4.53. The highest BCUT2D eigenvalue weighted by Crippen LogP contribution is 2.30. The van der Waals surface area contributed by atoms with Crippen molar-refractivity contribution in [2.75, 3.05) is 19.5 Å². The van der Waals surface area contributed by atoms with Crippen molar-refractivity contribution in [3.8, 4) is 22.9 Å². The minimum Gasteiger partial charge on any atom is -0.496 e. The Morgan fingerprint density at radius 1 is 1.00 bits per heavy atom. The van der Waals surface area contributed by atoms with Gasteiger partial charge in [0.1, 0.15) is 11.5 Å². The molecule has 0 aliphatic rings. The highest BCUT2D eigenvalue weighted by molar-refractivity contribution is 7.99. The van der Waals surface area contributed by atoms with Gasteiger partial charge in [-0.15, -0.1) is 10.2 Å². The van der Waals surface area contributed by atoms with E-state index in [1.165, 1.54) is 0 Å². The molecule has 5 nitrogen and oxygen atoms in total. The Hall–Kier alpha value is -2.47. The van der Waals surface area contributed by atoms with Crippen molar-refractivity contribution < 1.29 is 9.47 Å². The lowest BCUT2D eigenvalue weighted by molar-refractivity contribution is 0.318. The van der Waals surface area contributed by atoms with Crippen molar-refractivity contribution in [2.24, 2.45) is 0 Å². The third kappa shape index (κ3) is 4.38. The van der Waals surface area contributed by atoms with Crippen LogP contribution < -0.4 is 9.47 Å². The van der Waals surface area contributed by atoms with E-state index in [2.05, 4.69) is 21.7 Å². The average molecular weight is 369 g/mol. The molecule has 3 rings (SSSR count). The van der Waals surface area contributed by atoms with Gasteiger partial charge < -0.3 is 14.0 Å². The van der Waals surface area contributed by atoms with E-state index < -0.39 is 0 Å². The van der Waals surface area contributed by atoms with Crippen molar-refractivity contribution in [3.63, 3.8) is 0 Å². The lowest BCUT2D eigenvalue weighted by Crippen LogP contribution is -2.02. The highest BCUT2D eigenvalue weighted by Gasteiger charge is 2.16. The fourth-order valence-corrected chi connectivity index (χ4v) is 3.55. The summed E-state index contributed by atoms with van der Waals surface area (Å²) in [7, 11) is 1.67. The SMILES string of the molecule is CCn1c(SCCCOc2ccccc2)nnc1-c1ccccc1OC. The molecular formula is C20H23N3O2S. The van der Waals surface area contributed by atoms with Gasteiger partial charge in [-0.05, 0) is 37.6 Å². The first kappa shape index (κ1) is 18.3. The maximum absolute atomic E-state index is 5.73. The second-order valence-corrected chi connectivity index (χ2v) is 6.68. The largest absolute Gasteiger partial charge is 0.496 e. The Morgan fingerprint density at radius 2 is 1.77 bits per heavy atom. The zero-order valence-corrected chi connectivity index (χ0v) is 15.9. The van der Waals surface area contributed by atoms with Gasteiger partial charge in [0.2, 0.25) is 0 Å². The molecule has 1 heterocycles. The van der Waals surface area contributed by atoms with Gasteiger partial charge >= 0.3 is 0 Å². The minimum atomic E-state index is 0.691. The van der Waals surface area contributed by atoms with Crippen LogP contribution in [0.1, 0.15) is 13.3 Å². The van der Waals surface area contributed by atoms with Gasteiger partial charge in [-0.3, -0.25) is 0 Å². The van der Waals surface area contributed by atoms with Crippen molar-refractivity contribution >= 4 is 11.8 Å². The zero-order chi connectivity index (χ0) is 18.2. The molecule has 0 fully saturated rings. The lowest BCUT2D eigenvalue weighted by Gasteiger charge is -2.10. The number of thioether (sulfide) groups is 1. The molecule has 0 radical (unpaired) electrons. The fourth-order valence-electron chi connectivity index (χ4n) is 2.64. The molecule has 0 saturated carbocycles. The quantitative estimate of drug-likeness (QED) is 0.409. The number of hydrogen-bond acceptors (Lipinski definition) is 5. The van der Waals surface area contributed by atoms with Crippen LogP contribution in [0.25, 0.3) is 11.4 Å². The topological polar surface area (TPSA) is 49.2 Å². The van der Waals surface area contributed by atoms with E-state index in [4.69, 9.17) is 9.47 Å². The van der Waals surface area contributed by atoms with Gasteiger partial charge in [0.25, 0.3) is 0 Å². The third-order valence-corrected chi connectivity index (χ3v) is 4.97. The van der Waals surface area contributed by atoms with E-state index in [0.717, 1.165) is 46.8 Å². The summed E-state index contributed by atoms with van der Waals surface area (Å²) in [6.45, 7) is 3.60. The monoisotopic (exact) mass is 369 g/mol. The summed E-state index contributed by atoms with van der Waals surface area (Å²) in [4.78, 5) is 0. The van der Waals surface area contributed by atoms with Crippen LogP contribution in [0.4, 0.5) is 0 Å². The predicted molar refractivity (Wildman–Crippen MR) is 105 cm³/mol. The van der Waals surface area contributed by atoms with E-state index in [0.29, 0.717) is 6.61 Å². The molecule has 0 unspecified atom stereocenters. The zero-order valence-electron chi connectivity index (χ0n) is 15.1. The molecule has 2 aromatic carbocycles. The Morgan fingerprint density at radius 3 is 2.54 bits per heavy atom. The number of methoxy groups -OCH3 is 1. The van der Waals surface area contributed by atoms with Crippen LogP contribution in [-0.4, -0.2) is 34.2 Å². The molecule has 0 atom stereocenters. The smallest absolute Gasteiger partial charge is 0.191 e. The van der Waals surface area contributed by atoms with Gasteiger partial charge in [0, 0.05) is 12.3 Å². The molecular weight excluding hydrogens is 346 g/mol. The van der Waals surface area contributed by atoms with Crippen LogP contribution in [0.2, 0.25) is 0 Å². The Bertz CT molecular complexity index is 821. The van der Waals surface area contributed by atoms with E-state index in [1.807, 2.05) is 54.6 Å². The first-order chi connectivity index (χ1) is 12.8. The molecule has 0 spiro atoms. The van der Waals surface area contributed by atoms with Gasteiger partial charge in [0.05, 0.1) is 19.3 Å². The van der Waals surface area contributed by atoms with Gasteiger partial charge in [-0.25, -0.2) is 0 Å². The maximum Gasteiger partial charge on any atom is 0.191 e. The second-order valence-electron chi connectivity index (χ2n) is 5.61. The summed E-state index contributed by atoms with van der Waals surface area (Å²) in [5.41, 5.74) is 0.962. The van der Waals surface area contributed by atoms with Gasteiger partial charge in [0.15, 0.2) is 11.0 Å². The first-order valence-corrected chi connectivity index (χ1v) is 9.69. The van der Waals surface area contributed by atoms with E-state index in [9.17, 15) is 0 Å². The molecule has 0 amide bonds. The summed E-state index contributed by atoms with van der Waals surface area (Å²) >= 11 is 1.70. The summed E-state index contributed by atoms with van der Waals surface area (Å²) in [5.74, 6) is 3.49. The van der Waals surface area contributed by atoms with Crippen LogP contribution >= 0.6 is 11.8 Å². The number of para-hydroxylation sites is 2. The molecule has 0 aliphatic heterocycles. The Labute approximate surface area is 158 Å². The number of ether oxygens (including phenoxy) is 2. The molecule has 3 aromatic rings. The molecule has 6 heteroatoms. The fraction of sp³-hybridized carbons (Fsp3) is 0.300. The van der Waals surface area contributed by atoms with Crippen molar-refractivity contribution in [3.05, 3.63) is 54.6 Å². The molecule has 0 bridgehead atoms. The number of rotatable bonds is 9. The number of aromatic nitrogens is 3. The Balaban J connectivity index is 1.60. The third-order valence-electron chi connectivity index (χ3n) is 3.91. The van der Waals surface area contributed by atoms with Crippen molar-refractivity contribution in [2.45, 2.75) is 25.0 Å². The molecule has 136 valence electrons. The summed E-state index contributed by atoms with van der Waals surface area (Å²) in [5, 5.41) is 9.69. The van der Waals surface area contributed by atoms with Gasteiger partial charge in [-0.2, -0.15) is 0 Å². The van der Waals surface area contributed by atoms with E-state index in [1.54, 1.807) is 18.9 Å². The van der Waals surface area contributed by atoms with E-state index >= 15 is 0 Å². The second kappa shape index (κ2) is 9.29. The molecule has 1 aromatic heterocycles. The minimum absolute atomic E-state index is 0.691. The Kier molecular flexibility index (Phi) is 6.55. The van der Waals surface area contributed by atoms with Crippen LogP contribution in [0.5, 0.6) is 11.5 Å². The summed E-state index contributed by atoms with van der Waals surface area (Å²) in [6.07, 6.45) is 0.945. The van der Waals surface area contributed by atoms with Crippen LogP contribution in [0, 0.1) is 0 Å². The lowest BCUT2D eigenvalue weighted by atomic mass is 10.2. The molecule has 26 heavy (non-hydrogen) atoms. The molecule has 0 N–H and O–H groups in total. The first-order valence-electron chi connectivity index (χ1n) is 8.70. The number of benzene rings is 2. The van der Waals surface area contributed by atoms with Crippen LogP contribution in [0.15, 0.2) is 59.8 Å². The summed E-state index contributed by atoms with van der Waals surface area (Å²) in [6, 6.07) is 17.8. The highest BCUT2D eigenvalue weighted by atomic mass is 32.2. The van der Waals surface area contributed by atoms with Gasteiger partial charge in [-0.1, -0.05) is 42.1 Å². The number of nitrogens with zero attached hydrogens (tertiary/aromatic N) is 3. The molecule has 0 aliphatic carbocycles. The standard InChI is InChI=1S/C20H23N3O2S/c1-3-23-19(17-12-7-8-13-18(17)24-2)21-22-20(23)26-15-9-14-25-16-10-5-4-6-11-16/h4-8,10-13H,3,9,14-15H2,1-2H3. The van der Waals surface area contributed by atoms with Crippen LogP contribution in [-0.2, 0) is 6.54 Å². The normalized spacial score (nSPS) is 10.7. The van der Waals surface area contributed by atoms with Crippen molar-refractivity contribution in [1.29, 1.82) is 0 Å². The van der Waals surface area contributed by atoms with Crippen molar-refractivity contribution in [1.82, 2.24) is 14.8 Å². The molecule has 0 saturated heterocycles. The van der Waals surface area contributed by atoms with E-state index in [-0.39, 0.29) is 0 Å². The summed E-state index contributed by atoms with van der Waals surface area (Å²) < 4.78 is 13.3. The van der Waals surface area contributed by atoms with Crippen LogP contribution in [0.3, 0.4) is 0 Å². The maximum atomic E-state index is 5.73.